The fourth-order valence-electron chi connectivity index (χ4n) is 4.57. The molecule has 0 radical (unpaired) electrons. The van der Waals surface area contributed by atoms with Crippen LogP contribution in [0, 0.1) is 5.41 Å². The van der Waals surface area contributed by atoms with Gasteiger partial charge in [-0.3, -0.25) is 4.90 Å². The van der Waals surface area contributed by atoms with Gasteiger partial charge >= 0.3 is 0 Å². The SMILES string of the molecule is CCCNC1CCC(C)(C)CC1N1CCCCC1CCC. The molecule has 3 unspecified atom stereocenters. The van der Waals surface area contributed by atoms with Crippen LogP contribution >= 0.6 is 0 Å². The Morgan fingerprint density at radius 2 is 1.90 bits per heavy atom. The normalized spacial score (nSPS) is 34.0. The van der Waals surface area contributed by atoms with Crippen LogP contribution in [0.1, 0.15) is 85.5 Å². The molecule has 2 fully saturated rings. The largest absolute Gasteiger partial charge is 0.312 e. The van der Waals surface area contributed by atoms with Crippen molar-refractivity contribution in [3.63, 3.8) is 0 Å². The summed E-state index contributed by atoms with van der Waals surface area (Å²) in [7, 11) is 0. The molecule has 1 aliphatic carbocycles. The van der Waals surface area contributed by atoms with Crippen molar-refractivity contribution >= 4 is 0 Å². The van der Waals surface area contributed by atoms with E-state index in [9.17, 15) is 0 Å². The quantitative estimate of drug-likeness (QED) is 0.771. The van der Waals surface area contributed by atoms with Gasteiger partial charge in [-0.05, 0) is 63.5 Å². The standard InChI is InChI=1S/C19H38N2/c1-5-9-16-10-7-8-14-21(16)18-15-19(3,4)12-11-17(18)20-13-6-2/h16-18,20H,5-15H2,1-4H3. The molecule has 21 heavy (non-hydrogen) atoms. The van der Waals surface area contributed by atoms with E-state index in [1.807, 2.05) is 0 Å². The highest BCUT2D eigenvalue weighted by Gasteiger charge is 2.40. The van der Waals surface area contributed by atoms with E-state index in [0.717, 1.165) is 18.1 Å². The summed E-state index contributed by atoms with van der Waals surface area (Å²) in [5.41, 5.74) is 0.531. The van der Waals surface area contributed by atoms with Gasteiger partial charge in [0.1, 0.15) is 0 Å². The minimum absolute atomic E-state index is 0.531. The topological polar surface area (TPSA) is 15.3 Å². The van der Waals surface area contributed by atoms with Gasteiger partial charge in [0.2, 0.25) is 0 Å². The highest BCUT2D eigenvalue weighted by atomic mass is 15.2. The highest BCUT2D eigenvalue weighted by Crippen LogP contribution is 2.39. The zero-order chi connectivity index (χ0) is 15.3. The predicted molar refractivity (Wildman–Crippen MR) is 92.8 cm³/mol. The summed E-state index contributed by atoms with van der Waals surface area (Å²) in [6.45, 7) is 12.1. The molecule has 2 nitrogen and oxygen atoms in total. The van der Waals surface area contributed by atoms with Crippen molar-refractivity contribution in [2.75, 3.05) is 13.1 Å². The summed E-state index contributed by atoms with van der Waals surface area (Å²) < 4.78 is 0. The lowest BCUT2D eigenvalue weighted by Crippen LogP contribution is -2.58. The molecular formula is C19H38N2. The van der Waals surface area contributed by atoms with Crippen molar-refractivity contribution in [1.29, 1.82) is 0 Å². The van der Waals surface area contributed by atoms with Crippen molar-refractivity contribution in [3.8, 4) is 0 Å². The third kappa shape index (κ3) is 4.69. The van der Waals surface area contributed by atoms with E-state index in [-0.39, 0.29) is 0 Å². The van der Waals surface area contributed by atoms with E-state index in [4.69, 9.17) is 0 Å². The molecular weight excluding hydrogens is 256 g/mol. The van der Waals surface area contributed by atoms with Gasteiger partial charge in [-0.15, -0.1) is 0 Å². The zero-order valence-electron chi connectivity index (χ0n) is 15.0. The Morgan fingerprint density at radius 3 is 2.62 bits per heavy atom. The first-order valence-corrected chi connectivity index (χ1v) is 9.56. The lowest BCUT2D eigenvalue weighted by atomic mass is 9.71. The number of hydrogen-bond donors (Lipinski definition) is 1. The molecule has 124 valence electrons. The summed E-state index contributed by atoms with van der Waals surface area (Å²) in [5.74, 6) is 0. The number of hydrogen-bond acceptors (Lipinski definition) is 2. The first-order valence-electron chi connectivity index (χ1n) is 9.56. The average Bonchev–Trinajstić information content (AvgIpc) is 2.46. The molecule has 0 spiro atoms. The molecule has 0 aromatic heterocycles. The second-order valence-corrected chi connectivity index (χ2v) is 8.21. The Morgan fingerprint density at radius 1 is 1.10 bits per heavy atom. The van der Waals surface area contributed by atoms with Crippen molar-refractivity contribution in [2.45, 2.75) is 104 Å². The van der Waals surface area contributed by atoms with Crippen molar-refractivity contribution in [2.24, 2.45) is 5.41 Å². The molecule has 2 aliphatic rings. The molecule has 1 aliphatic heterocycles. The van der Waals surface area contributed by atoms with Crippen LogP contribution < -0.4 is 5.32 Å². The maximum absolute atomic E-state index is 3.88. The van der Waals surface area contributed by atoms with Crippen LogP contribution in [0.15, 0.2) is 0 Å². The summed E-state index contributed by atoms with van der Waals surface area (Å²) >= 11 is 0. The van der Waals surface area contributed by atoms with Crippen molar-refractivity contribution < 1.29 is 0 Å². The van der Waals surface area contributed by atoms with Gasteiger partial charge in [0.05, 0.1) is 0 Å². The van der Waals surface area contributed by atoms with E-state index in [1.165, 1.54) is 70.9 Å². The van der Waals surface area contributed by atoms with E-state index < -0.39 is 0 Å². The second kappa shape index (κ2) is 7.97. The van der Waals surface area contributed by atoms with Gasteiger partial charge < -0.3 is 5.32 Å². The van der Waals surface area contributed by atoms with Gasteiger partial charge in [0.25, 0.3) is 0 Å². The molecule has 0 aromatic rings. The van der Waals surface area contributed by atoms with Gasteiger partial charge in [-0.25, -0.2) is 0 Å². The van der Waals surface area contributed by atoms with Crippen LogP contribution in [0.3, 0.4) is 0 Å². The molecule has 1 saturated carbocycles. The highest BCUT2D eigenvalue weighted by molar-refractivity contribution is 4.97. The summed E-state index contributed by atoms with van der Waals surface area (Å²) in [4.78, 5) is 2.92. The molecule has 1 saturated heterocycles. The van der Waals surface area contributed by atoms with Gasteiger partial charge in [-0.2, -0.15) is 0 Å². The van der Waals surface area contributed by atoms with Gasteiger partial charge in [0.15, 0.2) is 0 Å². The zero-order valence-corrected chi connectivity index (χ0v) is 15.0. The number of likely N-dealkylation sites (tertiary alicyclic amines) is 1. The Bertz CT molecular complexity index is 298. The lowest BCUT2D eigenvalue weighted by Gasteiger charge is -2.50. The number of piperidine rings is 1. The van der Waals surface area contributed by atoms with Gasteiger partial charge in [0, 0.05) is 18.1 Å². The Kier molecular flexibility index (Phi) is 6.55. The first kappa shape index (κ1) is 17.3. The summed E-state index contributed by atoms with van der Waals surface area (Å²) in [6.07, 6.45) is 12.4. The van der Waals surface area contributed by atoms with E-state index >= 15 is 0 Å². The fourth-order valence-corrected chi connectivity index (χ4v) is 4.57. The van der Waals surface area contributed by atoms with Gasteiger partial charge in [-0.1, -0.05) is 40.5 Å². The minimum Gasteiger partial charge on any atom is -0.312 e. The van der Waals surface area contributed by atoms with E-state index in [2.05, 4.69) is 37.9 Å². The predicted octanol–water partition coefficient (Wildman–Crippen LogP) is 4.59. The molecule has 1 N–H and O–H groups in total. The molecule has 1 heterocycles. The maximum Gasteiger partial charge on any atom is 0.0257 e. The molecule has 2 heteroatoms. The molecule has 2 rings (SSSR count). The van der Waals surface area contributed by atoms with Crippen LogP contribution in [-0.4, -0.2) is 36.1 Å². The third-order valence-electron chi connectivity index (χ3n) is 5.74. The molecule has 0 aromatic carbocycles. The smallest absolute Gasteiger partial charge is 0.0257 e. The van der Waals surface area contributed by atoms with Crippen LogP contribution in [0.25, 0.3) is 0 Å². The number of nitrogens with one attached hydrogen (secondary N) is 1. The number of rotatable bonds is 6. The Labute approximate surface area is 133 Å². The monoisotopic (exact) mass is 294 g/mol. The summed E-state index contributed by atoms with van der Waals surface area (Å²) in [5, 5.41) is 3.88. The fraction of sp³-hybridized carbons (Fsp3) is 1.00. The van der Waals surface area contributed by atoms with Crippen molar-refractivity contribution in [3.05, 3.63) is 0 Å². The van der Waals surface area contributed by atoms with E-state index in [1.54, 1.807) is 0 Å². The molecule has 3 atom stereocenters. The maximum atomic E-state index is 3.88. The lowest BCUT2D eigenvalue weighted by molar-refractivity contribution is 0.0145. The summed E-state index contributed by atoms with van der Waals surface area (Å²) in [6, 6.07) is 2.36. The molecule has 0 bridgehead atoms. The molecule has 0 amide bonds. The Hall–Kier alpha value is -0.0800. The second-order valence-electron chi connectivity index (χ2n) is 8.21. The van der Waals surface area contributed by atoms with Crippen molar-refractivity contribution in [1.82, 2.24) is 10.2 Å². The number of nitrogens with zero attached hydrogens (tertiary/aromatic N) is 1. The van der Waals surface area contributed by atoms with Crippen LogP contribution in [-0.2, 0) is 0 Å². The Balaban J connectivity index is 2.08. The minimum atomic E-state index is 0.531. The average molecular weight is 295 g/mol. The third-order valence-corrected chi connectivity index (χ3v) is 5.74. The van der Waals surface area contributed by atoms with Crippen LogP contribution in [0.5, 0.6) is 0 Å². The van der Waals surface area contributed by atoms with E-state index in [0.29, 0.717) is 5.41 Å². The van der Waals surface area contributed by atoms with Crippen LogP contribution in [0.4, 0.5) is 0 Å². The first-order chi connectivity index (χ1) is 10.1. The van der Waals surface area contributed by atoms with Crippen LogP contribution in [0.2, 0.25) is 0 Å².